The molecule has 0 aliphatic heterocycles. The summed E-state index contributed by atoms with van der Waals surface area (Å²) < 4.78 is 64.4. The molecule has 0 unspecified atom stereocenters. The Morgan fingerprint density at radius 1 is 1.12 bits per heavy atom. The highest BCUT2D eigenvalue weighted by atomic mass is 32.2. The molecule has 0 saturated carbocycles. The SMILES string of the molecule is CS(=O)(=O)N(CCNS(=O)(=O)c1cccs1)Cc1ccc(F)cc1. The molecule has 0 bridgehead atoms. The Bertz CT molecular complexity index is 863. The van der Waals surface area contributed by atoms with Gasteiger partial charge >= 0.3 is 0 Å². The molecule has 0 amide bonds. The van der Waals surface area contributed by atoms with Crippen molar-refractivity contribution in [1.29, 1.82) is 0 Å². The number of rotatable bonds is 8. The average Bonchev–Trinajstić information content (AvgIpc) is 3.02. The standard InChI is InChI=1S/C14H17FN2O4S3/c1-23(18,19)17(11-12-4-6-13(15)7-5-12)9-8-16-24(20,21)14-3-2-10-22-14/h2-7,10,16H,8-9,11H2,1H3. The van der Waals surface area contributed by atoms with Crippen LogP contribution in [0.1, 0.15) is 5.56 Å². The van der Waals surface area contributed by atoms with E-state index in [2.05, 4.69) is 4.72 Å². The van der Waals surface area contributed by atoms with Crippen LogP contribution in [0.2, 0.25) is 0 Å². The molecule has 1 aromatic heterocycles. The van der Waals surface area contributed by atoms with E-state index in [1.54, 1.807) is 11.4 Å². The van der Waals surface area contributed by atoms with E-state index in [0.717, 1.165) is 21.9 Å². The second kappa shape index (κ2) is 7.70. The van der Waals surface area contributed by atoms with E-state index in [1.165, 1.54) is 30.3 Å². The number of sulfonamides is 2. The lowest BCUT2D eigenvalue weighted by atomic mass is 10.2. The molecule has 2 aromatic rings. The van der Waals surface area contributed by atoms with Crippen LogP contribution in [0.15, 0.2) is 46.0 Å². The van der Waals surface area contributed by atoms with Gasteiger partial charge in [0.2, 0.25) is 20.0 Å². The van der Waals surface area contributed by atoms with Gasteiger partial charge in [-0.2, -0.15) is 4.31 Å². The summed E-state index contributed by atoms with van der Waals surface area (Å²) in [7, 11) is -7.18. The number of hydrogen-bond donors (Lipinski definition) is 1. The Balaban J connectivity index is 2.01. The molecule has 1 N–H and O–H groups in total. The summed E-state index contributed by atoms with van der Waals surface area (Å²) >= 11 is 1.08. The zero-order valence-electron chi connectivity index (χ0n) is 12.8. The molecule has 1 aromatic carbocycles. The lowest BCUT2D eigenvalue weighted by Gasteiger charge is -2.20. The van der Waals surface area contributed by atoms with Crippen LogP contribution in [0.3, 0.4) is 0 Å². The summed E-state index contributed by atoms with van der Waals surface area (Å²) in [5.41, 5.74) is 0.614. The van der Waals surface area contributed by atoms with E-state index in [4.69, 9.17) is 0 Å². The first-order valence-corrected chi connectivity index (χ1v) is 11.1. The van der Waals surface area contributed by atoms with E-state index in [0.29, 0.717) is 5.56 Å². The van der Waals surface area contributed by atoms with Crippen LogP contribution >= 0.6 is 11.3 Å². The Kier molecular flexibility index (Phi) is 6.10. The molecular weight excluding hydrogens is 375 g/mol. The predicted octanol–water partition coefficient (Wildman–Crippen LogP) is 1.63. The summed E-state index contributed by atoms with van der Waals surface area (Å²) in [4.78, 5) is 0. The van der Waals surface area contributed by atoms with Gasteiger partial charge in [0.25, 0.3) is 0 Å². The van der Waals surface area contributed by atoms with Crippen LogP contribution < -0.4 is 4.72 Å². The lowest BCUT2D eigenvalue weighted by molar-refractivity contribution is 0.412. The highest BCUT2D eigenvalue weighted by Crippen LogP contribution is 2.15. The number of nitrogens with zero attached hydrogens (tertiary/aromatic N) is 1. The monoisotopic (exact) mass is 392 g/mol. The van der Waals surface area contributed by atoms with Gasteiger partial charge < -0.3 is 0 Å². The summed E-state index contributed by atoms with van der Waals surface area (Å²) in [5, 5.41) is 1.64. The highest BCUT2D eigenvalue weighted by molar-refractivity contribution is 7.91. The summed E-state index contributed by atoms with van der Waals surface area (Å²) in [6, 6.07) is 8.56. The second-order valence-electron chi connectivity index (χ2n) is 5.05. The molecule has 6 nitrogen and oxygen atoms in total. The van der Waals surface area contributed by atoms with Gasteiger partial charge in [0.15, 0.2) is 0 Å². The number of hydrogen-bond acceptors (Lipinski definition) is 5. The molecule has 0 radical (unpaired) electrons. The maximum atomic E-state index is 12.9. The molecular formula is C14H17FN2O4S3. The van der Waals surface area contributed by atoms with Crippen LogP contribution in [0.5, 0.6) is 0 Å². The van der Waals surface area contributed by atoms with Gasteiger partial charge in [0, 0.05) is 19.6 Å². The van der Waals surface area contributed by atoms with Crippen molar-refractivity contribution in [3.63, 3.8) is 0 Å². The predicted molar refractivity (Wildman–Crippen MR) is 91.2 cm³/mol. The minimum absolute atomic E-state index is 0.0270. The fourth-order valence-electron chi connectivity index (χ4n) is 1.95. The maximum Gasteiger partial charge on any atom is 0.250 e. The molecule has 0 saturated heterocycles. The van der Waals surface area contributed by atoms with Crippen molar-refractivity contribution in [3.8, 4) is 0 Å². The first-order valence-electron chi connectivity index (χ1n) is 6.91. The Morgan fingerprint density at radius 3 is 2.33 bits per heavy atom. The van der Waals surface area contributed by atoms with Gasteiger partial charge in [-0.05, 0) is 29.1 Å². The number of halogens is 1. The largest absolute Gasteiger partial charge is 0.250 e. The van der Waals surface area contributed by atoms with Gasteiger partial charge in [-0.25, -0.2) is 25.9 Å². The fraction of sp³-hybridized carbons (Fsp3) is 0.286. The number of benzene rings is 1. The van der Waals surface area contributed by atoms with E-state index in [-0.39, 0.29) is 23.8 Å². The Morgan fingerprint density at radius 2 is 1.79 bits per heavy atom. The van der Waals surface area contributed by atoms with Crippen molar-refractivity contribution >= 4 is 31.4 Å². The van der Waals surface area contributed by atoms with Gasteiger partial charge in [0.05, 0.1) is 6.26 Å². The number of nitrogens with one attached hydrogen (secondary N) is 1. The zero-order chi connectivity index (χ0) is 17.8. The highest BCUT2D eigenvalue weighted by Gasteiger charge is 2.19. The average molecular weight is 392 g/mol. The van der Waals surface area contributed by atoms with Gasteiger partial charge in [-0.15, -0.1) is 11.3 Å². The van der Waals surface area contributed by atoms with Crippen molar-refractivity contribution in [2.75, 3.05) is 19.3 Å². The summed E-state index contributed by atoms with van der Waals surface area (Å²) in [5.74, 6) is -0.409. The molecule has 0 fully saturated rings. The van der Waals surface area contributed by atoms with E-state index in [1.807, 2.05) is 0 Å². The third-order valence-electron chi connectivity index (χ3n) is 3.15. The minimum atomic E-state index is -3.64. The Labute approximate surface area is 145 Å². The molecule has 10 heteroatoms. The molecule has 24 heavy (non-hydrogen) atoms. The topological polar surface area (TPSA) is 83.6 Å². The fourth-order valence-corrected chi connectivity index (χ4v) is 4.81. The normalized spacial score (nSPS) is 12.6. The van der Waals surface area contributed by atoms with E-state index >= 15 is 0 Å². The first kappa shape index (κ1) is 19.0. The van der Waals surface area contributed by atoms with Gasteiger partial charge in [-0.1, -0.05) is 18.2 Å². The van der Waals surface area contributed by atoms with Gasteiger partial charge in [0.1, 0.15) is 10.0 Å². The minimum Gasteiger partial charge on any atom is -0.212 e. The van der Waals surface area contributed by atoms with Crippen molar-refractivity contribution in [2.24, 2.45) is 0 Å². The van der Waals surface area contributed by atoms with E-state index < -0.39 is 25.9 Å². The van der Waals surface area contributed by atoms with E-state index in [9.17, 15) is 21.2 Å². The van der Waals surface area contributed by atoms with Crippen molar-refractivity contribution in [3.05, 3.63) is 53.2 Å². The zero-order valence-corrected chi connectivity index (χ0v) is 15.3. The smallest absolute Gasteiger partial charge is 0.212 e. The molecule has 0 spiro atoms. The molecule has 0 aliphatic rings. The molecule has 2 rings (SSSR count). The second-order valence-corrected chi connectivity index (χ2v) is 9.98. The number of thiophene rings is 1. The van der Waals surface area contributed by atoms with Crippen molar-refractivity contribution in [2.45, 2.75) is 10.8 Å². The maximum absolute atomic E-state index is 12.9. The quantitative estimate of drug-likeness (QED) is 0.740. The Hall–Kier alpha value is -1.33. The third kappa shape index (κ3) is 5.35. The molecule has 1 heterocycles. The van der Waals surface area contributed by atoms with Crippen LogP contribution in [-0.4, -0.2) is 40.5 Å². The third-order valence-corrected chi connectivity index (χ3v) is 7.26. The first-order chi connectivity index (χ1) is 11.2. The molecule has 0 atom stereocenters. The lowest BCUT2D eigenvalue weighted by Crippen LogP contribution is -2.37. The summed E-state index contributed by atoms with van der Waals surface area (Å²) in [6.45, 7) is -0.0465. The van der Waals surface area contributed by atoms with Crippen LogP contribution in [0.4, 0.5) is 4.39 Å². The van der Waals surface area contributed by atoms with Gasteiger partial charge in [-0.3, -0.25) is 0 Å². The van der Waals surface area contributed by atoms with Crippen molar-refractivity contribution < 1.29 is 21.2 Å². The van der Waals surface area contributed by atoms with Crippen LogP contribution in [0.25, 0.3) is 0 Å². The van der Waals surface area contributed by atoms with Crippen LogP contribution in [0, 0.1) is 5.82 Å². The van der Waals surface area contributed by atoms with Crippen molar-refractivity contribution in [1.82, 2.24) is 9.03 Å². The summed E-state index contributed by atoms with van der Waals surface area (Å²) in [6.07, 6.45) is 1.05. The van der Waals surface area contributed by atoms with Crippen LogP contribution in [-0.2, 0) is 26.6 Å². The molecule has 132 valence electrons. The molecule has 0 aliphatic carbocycles.